The number of aliphatic hydroxyl groups is 3. The third-order valence-electron chi connectivity index (χ3n) is 8.12. The second-order valence-corrected chi connectivity index (χ2v) is 9.81. The molecule has 0 aromatic rings. The van der Waals surface area contributed by atoms with Crippen molar-refractivity contribution < 1.29 is 30.0 Å². The highest BCUT2D eigenvalue weighted by atomic mass is 16.5. The van der Waals surface area contributed by atoms with Crippen molar-refractivity contribution in [3.05, 3.63) is 0 Å². The monoisotopic (exact) mass is 414 g/mol. The maximum Gasteiger partial charge on any atom is 0.333 e. The zero-order chi connectivity index (χ0) is 21.9. The zero-order valence-electron chi connectivity index (χ0n) is 18.8. The molecule has 170 valence electrons. The third kappa shape index (κ3) is 4.97. The average Bonchev–Trinajstić information content (AvgIpc) is 3.16. The number of hydrogen-bond donors (Lipinski definition) is 4. The Bertz CT molecular complexity index is 529. The van der Waals surface area contributed by atoms with E-state index in [1.807, 2.05) is 6.92 Å². The van der Waals surface area contributed by atoms with Gasteiger partial charge in [-0.25, -0.2) is 4.79 Å². The zero-order valence-corrected chi connectivity index (χ0v) is 18.8. The molecule has 0 amide bonds. The predicted octanol–water partition coefficient (Wildman–Crippen LogP) is 3.07. The lowest BCUT2D eigenvalue weighted by atomic mass is 9.72. The number of carboxylic acid groups (broad SMARTS) is 1. The van der Waals surface area contributed by atoms with Crippen LogP contribution in [0, 0.1) is 35.0 Å². The van der Waals surface area contributed by atoms with Gasteiger partial charge in [0.25, 0.3) is 0 Å². The molecule has 9 atom stereocenters. The summed E-state index contributed by atoms with van der Waals surface area (Å²) in [5.74, 6) is -0.0477. The largest absolute Gasteiger partial charge is 0.479 e. The molecule has 1 saturated heterocycles. The molecular weight excluding hydrogens is 372 g/mol. The van der Waals surface area contributed by atoms with Gasteiger partial charge in [0, 0.05) is 5.92 Å². The number of carboxylic acids is 1. The fraction of sp³-hybridized carbons (Fsp3) is 0.957. The van der Waals surface area contributed by atoms with Crippen molar-refractivity contribution in [1.82, 2.24) is 0 Å². The van der Waals surface area contributed by atoms with E-state index in [2.05, 4.69) is 27.7 Å². The molecule has 0 bridgehead atoms. The van der Waals surface area contributed by atoms with E-state index < -0.39 is 42.9 Å². The molecule has 0 spiro atoms. The van der Waals surface area contributed by atoms with Gasteiger partial charge < -0.3 is 25.2 Å². The molecule has 29 heavy (non-hydrogen) atoms. The van der Waals surface area contributed by atoms with Crippen molar-refractivity contribution in [2.45, 2.75) is 97.6 Å². The highest BCUT2D eigenvalue weighted by molar-refractivity contribution is 5.73. The quantitative estimate of drug-likeness (QED) is 0.414. The highest BCUT2D eigenvalue weighted by Crippen LogP contribution is 2.65. The number of ether oxygens (including phenoxy) is 1. The van der Waals surface area contributed by atoms with Crippen molar-refractivity contribution >= 4 is 5.97 Å². The van der Waals surface area contributed by atoms with E-state index in [-0.39, 0.29) is 5.92 Å². The van der Waals surface area contributed by atoms with Crippen LogP contribution in [0.5, 0.6) is 0 Å². The molecule has 0 aromatic carbocycles. The standard InChI is InChI=1S/C23H42O6/c1-6-8-16(11-23(9-7-2)14(4)15(23)5)10-13(3)18-20(26)19(25)17(12-24)29-21(18)22(27)28/h13-21,24-26H,6-12H2,1-5H3,(H,27,28)/t13-,14?,15?,16?,17+,18+,19-,20?,21?,23?/m1/s1. The second kappa shape index (κ2) is 10.1. The normalized spacial score (nSPS) is 41.7. The molecule has 0 radical (unpaired) electrons. The predicted molar refractivity (Wildman–Crippen MR) is 111 cm³/mol. The minimum Gasteiger partial charge on any atom is -0.479 e. The van der Waals surface area contributed by atoms with Crippen LogP contribution in [0.15, 0.2) is 0 Å². The minimum atomic E-state index is -1.28. The Morgan fingerprint density at radius 2 is 1.72 bits per heavy atom. The Morgan fingerprint density at radius 3 is 2.17 bits per heavy atom. The first-order chi connectivity index (χ1) is 13.6. The Hall–Kier alpha value is -0.690. The van der Waals surface area contributed by atoms with E-state index in [1.165, 1.54) is 12.8 Å². The first-order valence-electron chi connectivity index (χ1n) is 11.5. The van der Waals surface area contributed by atoms with Crippen molar-refractivity contribution in [2.75, 3.05) is 6.61 Å². The van der Waals surface area contributed by atoms with Crippen LogP contribution >= 0.6 is 0 Å². The molecule has 1 saturated carbocycles. The summed E-state index contributed by atoms with van der Waals surface area (Å²) in [6.45, 7) is 10.6. The van der Waals surface area contributed by atoms with Gasteiger partial charge in [0.05, 0.1) is 12.7 Å². The first-order valence-corrected chi connectivity index (χ1v) is 11.5. The van der Waals surface area contributed by atoms with E-state index in [9.17, 15) is 25.2 Å². The van der Waals surface area contributed by atoms with E-state index in [4.69, 9.17) is 4.74 Å². The smallest absolute Gasteiger partial charge is 0.333 e. The maximum atomic E-state index is 11.8. The summed E-state index contributed by atoms with van der Waals surface area (Å²) in [6.07, 6.45) is 1.73. The first kappa shape index (κ1) is 24.6. The summed E-state index contributed by atoms with van der Waals surface area (Å²) >= 11 is 0. The lowest BCUT2D eigenvalue weighted by Crippen LogP contribution is -2.59. The molecule has 2 fully saturated rings. The van der Waals surface area contributed by atoms with E-state index >= 15 is 0 Å². The van der Waals surface area contributed by atoms with Crippen molar-refractivity contribution in [1.29, 1.82) is 0 Å². The van der Waals surface area contributed by atoms with Gasteiger partial charge in [0.15, 0.2) is 6.10 Å². The van der Waals surface area contributed by atoms with Crippen LogP contribution in [0.1, 0.15) is 73.1 Å². The molecule has 6 heteroatoms. The van der Waals surface area contributed by atoms with E-state index in [0.717, 1.165) is 37.5 Å². The average molecular weight is 415 g/mol. The van der Waals surface area contributed by atoms with Crippen LogP contribution in [-0.2, 0) is 9.53 Å². The van der Waals surface area contributed by atoms with Crippen LogP contribution < -0.4 is 0 Å². The molecule has 1 aliphatic heterocycles. The molecule has 1 aliphatic carbocycles. The Kier molecular flexibility index (Phi) is 8.54. The van der Waals surface area contributed by atoms with E-state index in [1.54, 1.807) is 0 Å². The number of aliphatic hydroxyl groups excluding tert-OH is 3. The van der Waals surface area contributed by atoms with Gasteiger partial charge in [-0.05, 0) is 48.3 Å². The van der Waals surface area contributed by atoms with Crippen LogP contribution in [0.25, 0.3) is 0 Å². The molecule has 5 unspecified atom stereocenters. The van der Waals surface area contributed by atoms with Crippen LogP contribution in [0.2, 0.25) is 0 Å². The Morgan fingerprint density at radius 1 is 1.10 bits per heavy atom. The number of aliphatic carboxylic acids is 1. The van der Waals surface area contributed by atoms with Crippen LogP contribution in [0.3, 0.4) is 0 Å². The molecule has 1 heterocycles. The number of carbonyl (C=O) groups is 1. The number of rotatable bonds is 11. The van der Waals surface area contributed by atoms with Gasteiger partial charge in [-0.2, -0.15) is 0 Å². The summed E-state index contributed by atoms with van der Waals surface area (Å²) < 4.78 is 5.48. The van der Waals surface area contributed by atoms with Gasteiger partial charge >= 0.3 is 5.97 Å². The van der Waals surface area contributed by atoms with Gasteiger partial charge in [-0.1, -0.05) is 53.9 Å². The van der Waals surface area contributed by atoms with Crippen LogP contribution in [0.4, 0.5) is 0 Å². The van der Waals surface area contributed by atoms with Gasteiger partial charge in [0.1, 0.15) is 12.2 Å². The number of hydrogen-bond acceptors (Lipinski definition) is 5. The molecule has 6 nitrogen and oxygen atoms in total. The summed E-state index contributed by atoms with van der Waals surface area (Å²) in [7, 11) is 0. The highest BCUT2D eigenvalue weighted by Gasteiger charge is 2.58. The SMILES string of the molecule is CCCC(C[C@@H](C)[C@@H]1C(C(=O)O)O[C@@H](CO)[C@@H](O)C1O)CC1(CCC)C(C)C1C. The summed E-state index contributed by atoms with van der Waals surface area (Å²) in [4.78, 5) is 11.8. The third-order valence-corrected chi connectivity index (χ3v) is 8.12. The summed E-state index contributed by atoms with van der Waals surface area (Å²) in [5.41, 5.74) is 0.393. The fourth-order valence-corrected chi connectivity index (χ4v) is 6.27. The summed E-state index contributed by atoms with van der Waals surface area (Å²) in [6, 6.07) is 0. The molecule has 2 rings (SSSR count). The summed E-state index contributed by atoms with van der Waals surface area (Å²) in [5, 5.41) is 40.0. The molecule has 0 aromatic heterocycles. The van der Waals surface area contributed by atoms with E-state index in [0.29, 0.717) is 11.3 Å². The second-order valence-electron chi connectivity index (χ2n) is 9.81. The Balaban J connectivity index is 2.15. The van der Waals surface area contributed by atoms with Crippen molar-refractivity contribution in [3.63, 3.8) is 0 Å². The maximum absolute atomic E-state index is 11.8. The lowest BCUT2D eigenvalue weighted by molar-refractivity contribution is -0.225. The molecule has 2 aliphatic rings. The fourth-order valence-electron chi connectivity index (χ4n) is 6.27. The minimum absolute atomic E-state index is 0.111. The topological polar surface area (TPSA) is 107 Å². The van der Waals surface area contributed by atoms with Gasteiger partial charge in [-0.3, -0.25) is 0 Å². The van der Waals surface area contributed by atoms with Crippen LogP contribution in [-0.4, -0.2) is 57.4 Å². The van der Waals surface area contributed by atoms with Crippen molar-refractivity contribution in [3.8, 4) is 0 Å². The Labute approximate surface area is 175 Å². The molecular formula is C23H42O6. The van der Waals surface area contributed by atoms with Crippen molar-refractivity contribution in [2.24, 2.45) is 35.0 Å². The van der Waals surface area contributed by atoms with Gasteiger partial charge in [-0.15, -0.1) is 0 Å². The lowest BCUT2D eigenvalue weighted by Gasteiger charge is -2.44. The molecule has 4 N–H and O–H groups in total. The van der Waals surface area contributed by atoms with Gasteiger partial charge in [0.2, 0.25) is 0 Å².